The monoisotopic (exact) mass is 407 g/mol. The molecule has 1 fully saturated rings. The molecule has 5 rings (SSSR count). The van der Waals surface area contributed by atoms with Gasteiger partial charge in [0.25, 0.3) is 0 Å². The number of halogens is 1. The van der Waals surface area contributed by atoms with Gasteiger partial charge in [0.05, 0.1) is 0 Å². The van der Waals surface area contributed by atoms with E-state index in [0.29, 0.717) is 37.3 Å². The summed E-state index contributed by atoms with van der Waals surface area (Å²) in [6, 6.07) is 8.29. The summed E-state index contributed by atoms with van der Waals surface area (Å²) in [5, 5.41) is 19.0. The first kappa shape index (κ1) is 18.2. The molecule has 3 aromatic heterocycles. The number of carbonyl (C=O) groups is 1. The number of piperidine rings is 1. The second-order valence-electron chi connectivity index (χ2n) is 7.08. The van der Waals surface area contributed by atoms with Crippen molar-refractivity contribution in [3.63, 3.8) is 0 Å². The maximum absolute atomic E-state index is 14.4. The number of rotatable bonds is 4. The highest BCUT2D eigenvalue weighted by atomic mass is 19.1. The molecule has 0 spiro atoms. The van der Waals surface area contributed by atoms with Crippen LogP contribution >= 0.6 is 0 Å². The lowest BCUT2D eigenvalue weighted by Gasteiger charge is -2.32. The number of anilines is 2. The molecule has 1 aromatic carbocycles. The lowest BCUT2D eigenvalue weighted by atomic mass is 9.96. The zero-order valence-electron chi connectivity index (χ0n) is 15.9. The quantitative estimate of drug-likeness (QED) is 0.549. The third-order valence-electron chi connectivity index (χ3n) is 5.22. The van der Waals surface area contributed by atoms with Crippen molar-refractivity contribution in [2.45, 2.75) is 12.8 Å². The van der Waals surface area contributed by atoms with Gasteiger partial charge in [0.15, 0.2) is 11.5 Å². The molecule has 0 aliphatic carbocycles. The fraction of sp³-hybridized carbons (Fsp3) is 0.263. The van der Waals surface area contributed by atoms with E-state index in [4.69, 9.17) is 0 Å². The molecule has 10 nitrogen and oxygen atoms in total. The van der Waals surface area contributed by atoms with Crippen LogP contribution in [0.4, 0.5) is 15.9 Å². The summed E-state index contributed by atoms with van der Waals surface area (Å²) >= 11 is 0. The van der Waals surface area contributed by atoms with Crippen molar-refractivity contribution in [1.82, 2.24) is 34.6 Å². The fourth-order valence-electron chi connectivity index (χ4n) is 3.61. The average molecular weight is 407 g/mol. The summed E-state index contributed by atoms with van der Waals surface area (Å²) in [5.74, 6) is 0.0956. The van der Waals surface area contributed by atoms with Crippen LogP contribution in [0.5, 0.6) is 0 Å². The van der Waals surface area contributed by atoms with Gasteiger partial charge >= 0.3 is 0 Å². The van der Waals surface area contributed by atoms with Crippen LogP contribution in [0.25, 0.3) is 11.3 Å². The Hall–Kier alpha value is -3.89. The van der Waals surface area contributed by atoms with E-state index in [-0.39, 0.29) is 17.5 Å². The predicted molar refractivity (Wildman–Crippen MR) is 106 cm³/mol. The second kappa shape index (κ2) is 7.50. The number of amides is 1. The summed E-state index contributed by atoms with van der Waals surface area (Å²) in [4.78, 5) is 18.6. The van der Waals surface area contributed by atoms with E-state index >= 15 is 0 Å². The molecule has 11 heteroatoms. The first-order valence-electron chi connectivity index (χ1n) is 9.55. The Morgan fingerprint density at radius 2 is 2.00 bits per heavy atom. The van der Waals surface area contributed by atoms with Gasteiger partial charge in [-0.3, -0.25) is 4.79 Å². The number of fused-ring (bicyclic) bond motifs is 1. The predicted octanol–water partition coefficient (Wildman–Crippen LogP) is 1.70. The van der Waals surface area contributed by atoms with E-state index in [1.165, 1.54) is 23.4 Å². The second-order valence-corrected chi connectivity index (χ2v) is 7.08. The number of aromatic nitrogens is 7. The van der Waals surface area contributed by atoms with Crippen LogP contribution in [0.3, 0.4) is 0 Å². The number of carbonyl (C=O) groups excluding carboxylic acids is 1. The Morgan fingerprint density at radius 3 is 2.77 bits per heavy atom. The van der Waals surface area contributed by atoms with E-state index in [1.807, 2.05) is 12.1 Å². The molecule has 30 heavy (non-hydrogen) atoms. The minimum Gasteiger partial charge on any atom is -0.355 e. The Labute approximate surface area is 170 Å². The largest absolute Gasteiger partial charge is 0.355 e. The number of nitrogens with one attached hydrogen (secondary N) is 1. The SMILES string of the molecule is O=C(Nc1ccc(-n2cncn2)c(F)c1)C1CCN(c2ccc3nncn3n2)CC1. The highest BCUT2D eigenvalue weighted by molar-refractivity contribution is 5.92. The molecule has 0 bridgehead atoms. The normalized spacial score (nSPS) is 14.9. The lowest BCUT2D eigenvalue weighted by Crippen LogP contribution is -2.38. The average Bonchev–Trinajstić information content (AvgIpc) is 3.45. The van der Waals surface area contributed by atoms with Crippen molar-refractivity contribution in [2.24, 2.45) is 5.92 Å². The topological polar surface area (TPSA) is 106 Å². The summed E-state index contributed by atoms with van der Waals surface area (Å²) in [5.41, 5.74) is 1.38. The van der Waals surface area contributed by atoms with Crippen molar-refractivity contribution in [3.05, 3.63) is 55.1 Å². The molecule has 1 saturated heterocycles. The zero-order valence-corrected chi connectivity index (χ0v) is 15.9. The smallest absolute Gasteiger partial charge is 0.227 e. The van der Waals surface area contributed by atoms with Gasteiger partial charge in [-0.1, -0.05) is 0 Å². The Kier molecular flexibility index (Phi) is 4.54. The lowest BCUT2D eigenvalue weighted by molar-refractivity contribution is -0.120. The summed E-state index contributed by atoms with van der Waals surface area (Å²) in [6.45, 7) is 1.41. The van der Waals surface area contributed by atoms with Crippen LogP contribution < -0.4 is 10.2 Å². The molecule has 0 unspecified atom stereocenters. The maximum Gasteiger partial charge on any atom is 0.227 e. The Morgan fingerprint density at radius 1 is 1.13 bits per heavy atom. The van der Waals surface area contributed by atoms with Gasteiger partial charge in [0.1, 0.15) is 30.5 Å². The summed E-state index contributed by atoms with van der Waals surface area (Å²) < 4.78 is 17.3. The number of hydrogen-bond donors (Lipinski definition) is 1. The first-order chi connectivity index (χ1) is 14.7. The molecule has 152 valence electrons. The fourth-order valence-corrected chi connectivity index (χ4v) is 3.61. The van der Waals surface area contributed by atoms with Crippen LogP contribution in [0.15, 0.2) is 49.3 Å². The minimum atomic E-state index is -0.483. The number of nitrogens with zero attached hydrogens (tertiary/aromatic N) is 8. The van der Waals surface area contributed by atoms with Crippen molar-refractivity contribution >= 4 is 23.1 Å². The number of benzene rings is 1. The van der Waals surface area contributed by atoms with Gasteiger partial charge in [-0.25, -0.2) is 14.1 Å². The highest BCUT2D eigenvalue weighted by Gasteiger charge is 2.26. The van der Waals surface area contributed by atoms with Gasteiger partial charge in [-0.2, -0.15) is 9.61 Å². The molecule has 4 heterocycles. The summed E-state index contributed by atoms with van der Waals surface area (Å²) in [6.07, 6.45) is 5.69. The molecule has 1 N–H and O–H groups in total. The third-order valence-corrected chi connectivity index (χ3v) is 5.22. The van der Waals surface area contributed by atoms with E-state index in [0.717, 1.165) is 5.82 Å². The van der Waals surface area contributed by atoms with Crippen LogP contribution in [-0.4, -0.2) is 53.6 Å². The van der Waals surface area contributed by atoms with Crippen LogP contribution in [0.2, 0.25) is 0 Å². The maximum atomic E-state index is 14.4. The van der Waals surface area contributed by atoms with E-state index < -0.39 is 5.82 Å². The van der Waals surface area contributed by atoms with Gasteiger partial charge in [-0.15, -0.1) is 15.3 Å². The van der Waals surface area contributed by atoms with Crippen LogP contribution in [0, 0.1) is 11.7 Å². The van der Waals surface area contributed by atoms with Crippen LogP contribution in [-0.2, 0) is 4.79 Å². The van der Waals surface area contributed by atoms with Crippen molar-refractivity contribution in [3.8, 4) is 5.69 Å². The van der Waals surface area contributed by atoms with Crippen molar-refractivity contribution < 1.29 is 9.18 Å². The molecular formula is C19H18FN9O. The minimum absolute atomic E-state index is 0.107. The third kappa shape index (κ3) is 3.45. The Bertz CT molecular complexity index is 1180. The van der Waals surface area contributed by atoms with Crippen molar-refractivity contribution in [2.75, 3.05) is 23.3 Å². The van der Waals surface area contributed by atoms with E-state index in [2.05, 4.69) is 35.6 Å². The highest BCUT2D eigenvalue weighted by Crippen LogP contribution is 2.24. The van der Waals surface area contributed by atoms with Gasteiger partial charge in [-0.05, 0) is 43.2 Å². The molecule has 1 aliphatic rings. The standard InChI is InChI=1S/C19H18FN9O/c20-15-9-14(1-2-16(15)28-11-21-10-23-28)24-19(30)13-5-7-27(8-6-13)18-4-3-17-25-22-12-29(17)26-18/h1-4,9-13H,5-8H2,(H,24,30). The van der Waals surface area contributed by atoms with Gasteiger partial charge in [0, 0.05) is 24.7 Å². The number of hydrogen-bond acceptors (Lipinski definition) is 7. The molecule has 0 saturated carbocycles. The molecule has 1 amide bonds. The zero-order chi connectivity index (χ0) is 20.5. The summed E-state index contributed by atoms with van der Waals surface area (Å²) in [7, 11) is 0. The molecular weight excluding hydrogens is 389 g/mol. The van der Waals surface area contributed by atoms with E-state index in [9.17, 15) is 9.18 Å². The van der Waals surface area contributed by atoms with Gasteiger partial charge in [0.2, 0.25) is 5.91 Å². The first-order valence-corrected chi connectivity index (χ1v) is 9.55. The molecule has 1 aliphatic heterocycles. The van der Waals surface area contributed by atoms with E-state index in [1.54, 1.807) is 23.0 Å². The molecule has 0 radical (unpaired) electrons. The molecule has 0 atom stereocenters. The van der Waals surface area contributed by atoms with Crippen molar-refractivity contribution in [1.29, 1.82) is 0 Å². The Balaban J connectivity index is 1.21. The van der Waals surface area contributed by atoms with Gasteiger partial charge < -0.3 is 10.2 Å². The van der Waals surface area contributed by atoms with Crippen LogP contribution in [0.1, 0.15) is 12.8 Å². The molecule has 4 aromatic rings.